The third-order valence-electron chi connectivity index (χ3n) is 3.67. The summed E-state index contributed by atoms with van der Waals surface area (Å²) in [7, 11) is -0.456. The molecule has 1 heterocycles. The first-order valence-electron chi connectivity index (χ1n) is 7.85. The number of anilines is 1. The van der Waals surface area contributed by atoms with Gasteiger partial charge in [0.15, 0.2) is 5.11 Å². The van der Waals surface area contributed by atoms with Gasteiger partial charge < -0.3 is 10.6 Å². The van der Waals surface area contributed by atoms with Crippen molar-refractivity contribution in [3.05, 3.63) is 46.7 Å². The van der Waals surface area contributed by atoms with Crippen molar-refractivity contribution in [1.29, 1.82) is 0 Å². The lowest BCUT2D eigenvalue weighted by Crippen LogP contribution is -2.34. The van der Waals surface area contributed by atoms with Gasteiger partial charge in [0, 0.05) is 24.7 Å². The molecule has 0 unspecified atom stereocenters. The average Bonchev–Trinajstić information content (AvgIpc) is 3.06. The quantitative estimate of drug-likeness (QED) is 0.728. The summed E-state index contributed by atoms with van der Waals surface area (Å²) in [6.45, 7) is 4.26. The summed E-state index contributed by atoms with van der Waals surface area (Å²) >= 11 is 7.10. The van der Waals surface area contributed by atoms with E-state index in [2.05, 4.69) is 30.5 Å². The highest BCUT2D eigenvalue weighted by molar-refractivity contribution is 7.89. The molecule has 25 heavy (non-hydrogen) atoms. The number of nitrogens with zero attached hydrogens (tertiary/aromatic N) is 1. The normalized spacial score (nSPS) is 13.0. The van der Waals surface area contributed by atoms with E-state index >= 15 is 0 Å². The second-order valence-electron chi connectivity index (χ2n) is 6.15. The van der Waals surface area contributed by atoms with Crippen LogP contribution in [0.25, 0.3) is 0 Å². The Morgan fingerprint density at radius 2 is 1.92 bits per heavy atom. The second kappa shape index (κ2) is 8.27. The maximum atomic E-state index is 12.2. The van der Waals surface area contributed by atoms with Crippen LogP contribution < -0.4 is 10.6 Å². The van der Waals surface area contributed by atoms with Gasteiger partial charge in [-0.05, 0) is 47.8 Å². The third-order valence-corrected chi connectivity index (χ3v) is 6.66. The summed E-state index contributed by atoms with van der Waals surface area (Å²) in [4.78, 5) is 1.44. The van der Waals surface area contributed by atoms with Crippen LogP contribution >= 0.6 is 23.6 Å². The maximum Gasteiger partial charge on any atom is 0.242 e. The fraction of sp³-hybridized carbons (Fsp3) is 0.353. The number of benzene rings is 1. The predicted molar refractivity (Wildman–Crippen MR) is 109 cm³/mol. The van der Waals surface area contributed by atoms with Gasteiger partial charge in [-0.3, -0.25) is 0 Å². The van der Waals surface area contributed by atoms with Crippen molar-refractivity contribution >= 4 is 44.4 Å². The van der Waals surface area contributed by atoms with E-state index in [-0.39, 0.29) is 10.9 Å². The SMILES string of the molecule is CC(C)[C@H](NC(=S)Nc1cccc(S(=O)(=O)N(C)C)c1)c1cccs1. The Morgan fingerprint density at radius 1 is 1.20 bits per heavy atom. The Bertz CT molecular complexity index is 815. The lowest BCUT2D eigenvalue weighted by molar-refractivity contribution is 0.480. The van der Waals surface area contributed by atoms with Gasteiger partial charge in [0.25, 0.3) is 0 Å². The van der Waals surface area contributed by atoms with Gasteiger partial charge >= 0.3 is 0 Å². The Kier molecular flexibility index (Phi) is 6.56. The van der Waals surface area contributed by atoms with Gasteiger partial charge in [0.05, 0.1) is 10.9 Å². The van der Waals surface area contributed by atoms with E-state index in [0.29, 0.717) is 16.7 Å². The van der Waals surface area contributed by atoms with Crippen LogP contribution in [0.4, 0.5) is 5.69 Å². The number of thiophene rings is 1. The Hall–Kier alpha value is -1.48. The van der Waals surface area contributed by atoms with Crippen molar-refractivity contribution in [3.63, 3.8) is 0 Å². The van der Waals surface area contributed by atoms with Crippen molar-refractivity contribution < 1.29 is 8.42 Å². The lowest BCUT2D eigenvalue weighted by Gasteiger charge is -2.23. The molecular formula is C17H23N3O2S3. The van der Waals surface area contributed by atoms with Crippen LogP contribution in [0, 0.1) is 5.92 Å². The molecule has 0 amide bonds. The van der Waals surface area contributed by atoms with Crippen LogP contribution in [0.1, 0.15) is 24.8 Å². The molecule has 0 aliphatic carbocycles. The van der Waals surface area contributed by atoms with E-state index in [4.69, 9.17) is 12.2 Å². The summed E-state index contributed by atoms with van der Waals surface area (Å²) in [6, 6.07) is 10.8. The van der Waals surface area contributed by atoms with Gasteiger partial charge in [0.2, 0.25) is 10.0 Å². The summed E-state index contributed by atoms with van der Waals surface area (Å²) in [5.74, 6) is 0.360. The fourth-order valence-electron chi connectivity index (χ4n) is 2.29. The van der Waals surface area contributed by atoms with Crippen molar-refractivity contribution in [2.24, 2.45) is 5.92 Å². The fourth-order valence-corrected chi connectivity index (χ4v) is 4.43. The molecule has 2 N–H and O–H groups in total. The predicted octanol–water partition coefficient (Wildman–Crippen LogP) is 3.68. The highest BCUT2D eigenvalue weighted by Crippen LogP contribution is 2.26. The van der Waals surface area contributed by atoms with E-state index in [0.717, 1.165) is 0 Å². The maximum absolute atomic E-state index is 12.2. The minimum atomic E-state index is -3.48. The van der Waals surface area contributed by atoms with Crippen LogP contribution in [0.15, 0.2) is 46.7 Å². The minimum Gasteiger partial charge on any atom is -0.355 e. The molecule has 2 rings (SSSR count). The first-order valence-corrected chi connectivity index (χ1v) is 10.6. The Labute approximate surface area is 159 Å². The molecule has 0 radical (unpaired) electrons. The first-order chi connectivity index (χ1) is 11.7. The monoisotopic (exact) mass is 397 g/mol. The molecule has 5 nitrogen and oxygen atoms in total. The molecule has 0 spiro atoms. The molecule has 2 aromatic rings. The largest absolute Gasteiger partial charge is 0.355 e. The van der Waals surface area contributed by atoms with Gasteiger partial charge in [0.1, 0.15) is 0 Å². The molecular weight excluding hydrogens is 374 g/mol. The lowest BCUT2D eigenvalue weighted by atomic mass is 10.0. The smallest absolute Gasteiger partial charge is 0.242 e. The molecule has 0 bridgehead atoms. The van der Waals surface area contributed by atoms with Gasteiger partial charge in [-0.15, -0.1) is 11.3 Å². The van der Waals surface area contributed by atoms with Crippen LogP contribution in [-0.4, -0.2) is 31.9 Å². The van der Waals surface area contributed by atoms with E-state index in [9.17, 15) is 8.42 Å². The van der Waals surface area contributed by atoms with Gasteiger partial charge in [-0.2, -0.15) is 0 Å². The number of nitrogens with one attached hydrogen (secondary N) is 2. The zero-order chi connectivity index (χ0) is 18.6. The van der Waals surface area contributed by atoms with Crippen molar-refractivity contribution in [3.8, 4) is 0 Å². The second-order valence-corrected chi connectivity index (χ2v) is 9.69. The van der Waals surface area contributed by atoms with Crippen molar-refractivity contribution in [1.82, 2.24) is 9.62 Å². The van der Waals surface area contributed by atoms with Gasteiger partial charge in [-0.25, -0.2) is 12.7 Å². The summed E-state index contributed by atoms with van der Waals surface area (Å²) < 4.78 is 25.7. The Morgan fingerprint density at radius 3 is 2.48 bits per heavy atom. The number of hydrogen-bond donors (Lipinski definition) is 2. The zero-order valence-electron chi connectivity index (χ0n) is 14.7. The number of rotatable bonds is 6. The zero-order valence-corrected chi connectivity index (χ0v) is 17.1. The average molecular weight is 398 g/mol. The molecule has 1 atom stereocenters. The first kappa shape index (κ1) is 19.8. The molecule has 0 aliphatic rings. The summed E-state index contributed by atoms with van der Waals surface area (Å²) in [5.41, 5.74) is 0.633. The topological polar surface area (TPSA) is 61.4 Å². The number of hydrogen-bond acceptors (Lipinski definition) is 4. The van der Waals surface area contributed by atoms with Crippen LogP contribution in [0.5, 0.6) is 0 Å². The molecule has 0 aliphatic heterocycles. The highest BCUT2D eigenvalue weighted by Gasteiger charge is 2.19. The standard InChI is InChI=1S/C17H23N3O2S3/c1-12(2)16(15-9-6-10-24-15)19-17(23)18-13-7-5-8-14(11-13)25(21,22)20(3)4/h5-12,16H,1-4H3,(H2,18,19,23)/t16-/m0/s1. The Balaban J connectivity index is 2.13. The number of thiocarbonyl (C=S) groups is 1. The van der Waals surface area contributed by atoms with Crippen LogP contribution in [-0.2, 0) is 10.0 Å². The van der Waals surface area contributed by atoms with E-state index in [1.54, 1.807) is 35.6 Å². The molecule has 0 saturated heterocycles. The van der Waals surface area contributed by atoms with E-state index in [1.165, 1.54) is 23.3 Å². The molecule has 136 valence electrons. The molecule has 0 saturated carbocycles. The minimum absolute atomic E-state index is 0.105. The third kappa shape index (κ3) is 5.01. The van der Waals surface area contributed by atoms with Crippen LogP contribution in [0.3, 0.4) is 0 Å². The highest BCUT2D eigenvalue weighted by atomic mass is 32.2. The van der Waals surface area contributed by atoms with Crippen molar-refractivity contribution in [2.45, 2.75) is 24.8 Å². The molecule has 0 fully saturated rings. The van der Waals surface area contributed by atoms with Crippen LogP contribution in [0.2, 0.25) is 0 Å². The molecule has 1 aromatic carbocycles. The number of sulfonamides is 1. The van der Waals surface area contributed by atoms with Crippen molar-refractivity contribution in [2.75, 3.05) is 19.4 Å². The molecule has 8 heteroatoms. The summed E-state index contributed by atoms with van der Waals surface area (Å²) in [5, 5.41) is 8.91. The van der Waals surface area contributed by atoms with Gasteiger partial charge in [-0.1, -0.05) is 26.0 Å². The molecule has 1 aromatic heterocycles. The van der Waals surface area contributed by atoms with E-state index < -0.39 is 10.0 Å². The van der Waals surface area contributed by atoms with E-state index in [1.807, 2.05) is 11.4 Å². The summed E-state index contributed by atoms with van der Waals surface area (Å²) in [6.07, 6.45) is 0.